The first kappa shape index (κ1) is 18.4. The normalized spacial score (nSPS) is 17.9. The van der Waals surface area contributed by atoms with Crippen molar-refractivity contribution in [3.63, 3.8) is 0 Å². The Bertz CT molecular complexity index is 536. The molecule has 1 aromatic heterocycles. The average Bonchev–Trinajstić information content (AvgIpc) is 2.87. The first-order chi connectivity index (χ1) is 9.43. The number of sulfonamides is 1. The molecule has 0 unspecified atom stereocenters. The number of halogens is 1. The predicted octanol–water partition coefficient (Wildman–Crippen LogP) is 1.33. The van der Waals surface area contributed by atoms with Crippen LogP contribution in [0.2, 0.25) is 0 Å². The molecule has 122 valence electrons. The van der Waals surface area contributed by atoms with Gasteiger partial charge in [-0.15, -0.1) is 12.4 Å². The fourth-order valence-corrected chi connectivity index (χ4v) is 3.92. The minimum Gasteiger partial charge on any atom is -0.336 e. The lowest BCUT2D eigenvalue weighted by Crippen LogP contribution is -2.43. The second-order valence-corrected chi connectivity index (χ2v) is 7.65. The highest BCUT2D eigenvalue weighted by Gasteiger charge is 2.30. The van der Waals surface area contributed by atoms with Gasteiger partial charge in [0.25, 0.3) is 10.0 Å². The number of nitrogens with one attached hydrogen (secondary N) is 1. The smallest absolute Gasteiger partial charge is 0.262 e. The van der Waals surface area contributed by atoms with E-state index in [0.717, 1.165) is 19.4 Å². The molecule has 6 nitrogen and oxygen atoms in total. The van der Waals surface area contributed by atoms with E-state index < -0.39 is 10.0 Å². The van der Waals surface area contributed by atoms with E-state index in [1.807, 2.05) is 11.6 Å². The van der Waals surface area contributed by atoms with Crippen LogP contribution >= 0.6 is 12.4 Å². The maximum absolute atomic E-state index is 12.5. The van der Waals surface area contributed by atoms with Gasteiger partial charge in [0.15, 0.2) is 5.03 Å². The van der Waals surface area contributed by atoms with Crippen molar-refractivity contribution in [1.82, 2.24) is 19.2 Å². The molecule has 0 spiro atoms. The maximum atomic E-state index is 12.5. The number of hydrogen-bond donors (Lipinski definition) is 1. The van der Waals surface area contributed by atoms with Gasteiger partial charge in [-0.2, -0.15) is 4.31 Å². The molecule has 0 saturated carbocycles. The van der Waals surface area contributed by atoms with E-state index in [2.05, 4.69) is 24.1 Å². The lowest BCUT2D eigenvalue weighted by Gasteiger charge is -2.30. The molecule has 1 aliphatic rings. The Morgan fingerprint density at radius 2 is 2.00 bits per heavy atom. The summed E-state index contributed by atoms with van der Waals surface area (Å²) in [4.78, 5) is 4.07. The van der Waals surface area contributed by atoms with Crippen molar-refractivity contribution in [1.29, 1.82) is 0 Å². The summed E-state index contributed by atoms with van der Waals surface area (Å²) in [6.07, 6.45) is 4.94. The fourth-order valence-electron chi connectivity index (χ4n) is 2.51. The first-order valence-corrected chi connectivity index (χ1v) is 8.56. The topological polar surface area (TPSA) is 67.2 Å². The molecule has 0 aliphatic carbocycles. The summed E-state index contributed by atoms with van der Waals surface area (Å²) in [7, 11) is -1.52. The van der Waals surface area contributed by atoms with E-state index in [0.29, 0.717) is 25.0 Å². The zero-order valence-corrected chi connectivity index (χ0v) is 14.5. The number of rotatable bonds is 5. The van der Waals surface area contributed by atoms with Crippen molar-refractivity contribution in [2.75, 3.05) is 20.1 Å². The summed E-state index contributed by atoms with van der Waals surface area (Å²) in [6, 6.07) is 0.417. The van der Waals surface area contributed by atoms with Gasteiger partial charge in [0, 0.05) is 31.9 Å². The number of aromatic nitrogens is 2. The zero-order chi connectivity index (χ0) is 14.8. The summed E-state index contributed by atoms with van der Waals surface area (Å²) < 4.78 is 28.4. The molecule has 0 atom stereocenters. The van der Waals surface area contributed by atoms with Crippen molar-refractivity contribution in [2.24, 2.45) is 5.92 Å². The molecule has 1 N–H and O–H groups in total. The van der Waals surface area contributed by atoms with Gasteiger partial charge >= 0.3 is 0 Å². The van der Waals surface area contributed by atoms with Crippen molar-refractivity contribution < 1.29 is 8.42 Å². The summed E-state index contributed by atoms with van der Waals surface area (Å²) in [6.45, 7) is 6.09. The van der Waals surface area contributed by atoms with Crippen LogP contribution in [0.1, 0.15) is 26.7 Å². The highest BCUT2D eigenvalue weighted by Crippen LogP contribution is 2.19. The van der Waals surface area contributed by atoms with Crippen molar-refractivity contribution in [3.05, 3.63) is 12.5 Å². The Balaban J connectivity index is 0.00000220. The third-order valence-electron chi connectivity index (χ3n) is 3.65. The molecule has 2 rings (SSSR count). The second-order valence-electron chi connectivity index (χ2n) is 5.77. The standard InChI is InChI=1S/C13H24N4O2S.ClH/c1-11(2)8-16-9-13(15-10-16)20(18,19)17-6-4-12(14-3)5-7-17;/h9-12,14H,4-8H2,1-3H3;1H. The molecule has 1 aliphatic heterocycles. The van der Waals surface area contributed by atoms with E-state index in [4.69, 9.17) is 0 Å². The highest BCUT2D eigenvalue weighted by molar-refractivity contribution is 7.89. The molecule has 0 radical (unpaired) electrons. The Morgan fingerprint density at radius 3 is 2.52 bits per heavy atom. The molecule has 21 heavy (non-hydrogen) atoms. The quantitative estimate of drug-likeness (QED) is 0.881. The summed E-state index contributed by atoms with van der Waals surface area (Å²) in [5.41, 5.74) is 0. The van der Waals surface area contributed by atoms with Gasteiger partial charge in [0.1, 0.15) is 0 Å². The molecular formula is C13H25ClN4O2S. The molecule has 1 aromatic rings. The molecule has 0 bridgehead atoms. The molecule has 2 heterocycles. The average molecular weight is 337 g/mol. The van der Waals surface area contributed by atoms with Crippen molar-refractivity contribution in [2.45, 2.75) is 44.3 Å². The van der Waals surface area contributed by atoms with Crippen LogP contribution in [0.25, 0.3) is 0 Å². The largest absolute Gasteiger partial charge is 0.336 e. The number of hydrogen-bond acceptors (Lipinski definition) is 4. The minimum absolute atomic E-state index is 0. The maximum Gasteiger partial charge on any atom is 0.262 e. The van der Waals surface area contributed by atoms with Gasteiger partial charge in [0.05, 0.1) is 6.33 Å². The highest BCUT2D eigenvalue weighted by atomic mass is 35.5. The van der Waals surface area contributed by atoms with Gasteiger partial charge in [-0.3, -0.25) is 0 Å². The molecule has 8 heteroatoms. The molecular weight excluding hydrogens is 312 g/mol. The van der Waals surface area contributed by atoms with E-state index in [1.54, 1.807) is 16.8 Å². The Labute approximate surface area is 133 Å². The van der Waals surface area contributed by atoms with E-state index in [-0.39, 0.29) is 17.4 Å². The Morgan fingerprint density at radius 1 is 1.38 bits per heavy atom. The van der Waals surface area contributed by atoms with Crippen molar-refractivity contribution in [3.8, 4) is 0 Å². The van der Waals surface area contributed by atoms with Crippen LogP contribution in [0, 0.1) is 5.92 Å². The van der Waals surface area contributed by atoms with Gasteiger partial charge in [-0.05, 0) is 25.8 Å². The first-order valence-electron chi connectivity index (χ1n) is 7.12. The molecule has 0 aromatic carbocycles. The van der Waals surface area contributed by atoms with E-state index >= 15 is 0 Å². The zero-order valence-electron chi connectivity index (χ0n) is 12.8. The lowest BCUT2D eigenvalue weighted by molar-refractivity contribution is 0.298. The Hall–Kier alpha value is -0.630. The lowest BCUT2D eigenvalue weighted by atomic mass is 10.1. The van der Waals surface area contributed by atoms with Gasteiger partial charge in [-0.1, -0.05) is 13.8 Å². The van der Waals surface area contributed by atoms with Crippen LogP contribution in [0.5, 0.6) is 0 Å². The van der Waals surface area contributed by atoms with Crippen LogP contribution in [-0.4, -0.2) is 48.5 Å². The SMILES string of the molecule is CNC1CCN(S(=O)(=O)c2cn(CC(C)C)cn2)CC1.Cl. The number of imidazole rings is 1. The number of piperidine rings is 1. The fraction of sp³-hybridized carbons (Fsp3) is 0.769. The van der Waals surface area contributed by atoms with Crippen LogP contribution in [0.3, 0.4) is 0 Å². The molecule has 1 fully saturated rings. The monoisotopic (exact) mass is 336 g/mol. The van der Waals surface area contributed by atoms with Crippen LogP contribution in [0.4, 0.5) is 0 Å². The third-order valence-corrected chi connectivity index (χ3v) is 5.44. The second kappa shape index (κ2) is 7.58. The van der Waals surface area contributed by atoms with Crippen molar-refractivity contribution >= 4 is 22.4 Å². The van der Waals surface area contributed by atoms with E-state index in [9.17, 15) is 8.42 Å². The van der Waals surface area contributed by atoms with Gasteiger partial charge < -0.3 is 9.88 Å². The van der Waals surface area contributed by atoms with E-state index in [1.165, 1.54) is 0 Å². The number of nitrogens with zero attached hydrogens (tertiary/aromatic N) is 3. The summed E-state index contributed by atoms with van der Waals surface area (Å²) >= 11 is 0. The third kappa shape index (κ3) is 4.42. The van der Waals surface area contributed by atoms with Crippen LogP contribution in [0.15, 0.2) is 17.6 Å². The molecule has 1 saturated heterocycles. The summed E-state index contributed by atoms with van der Waals surface area (Å²) in [5.74, 6) is 0.464. The minimum atomic E-state index is -3.44. The Kier molecular flexibility index (Phi) is 6.65. The molecule has 0 amide bonds. The van der Waals surface area contributed by atoms with Gasteiger partial charge in [0.2, 0.25) is 0 Å². The summed E-state index contributed by atoms with van der Waals surface area (Å²) in [5, 5.41) is 3.37. The van der Waals surface area contributed by atoms with Crippen LogP contribution < -0.4 is 5.32 Å². The predicted molar refractivity (Wildman–Crippen MR) is 85.2 cm³/mol. The van der Waals surface area contributed by atoms with Gasteiger partial charge in [-0.25, -0.2) is 13.4 Å². The van der Waals surface area contributed by atoms with Crippen LogP contribution in [-0.2, 0) is 16.6 Å².